The molecule has 5 rings (SSSR count). The summed E-state index contributed by atoms with van der Waals surface area (Å²) in [4.78, 5) is 47.6. The van der Waals surface area contributed by atoms with Crippen molar-refractivity contribution in [3.05, 3.63) is 53.9 Å². The maximum Gasteiger partial charge on any atom is 0.336 e. The molecule has 1 aliphatic heterocycles. The van der Waals surface area contributed by atoms with Gasteiger partial charge in [-0.05, 0) is 18.2 Å². The topological polar surface area (TPSA) is 178 Å². The second-order valence-corrected chi connectivity index (χ2v) is 9.37. The van der Waals surface area contributed by atoms with E-state index in [2.05, 4.69) is 25.7 Å². The molecule has 1 saturated heterocycles. The number of carbonyl (C=O) groups is 3. The number of anilines is 2. The molecule has 16 heteroatoms. The van der Waals surface area contributed by atoms with Gasteiger partial charge in [0.15, 0.2) is 16.9 Å². The number of amides is 3. The Kier molecular flexibility index (Phi) is 7.14. The second kappa shape index (κ2) is 10.7. The van der Waals surface area contributed by atoms with E-state index in [1.165, 1.54) is 23.1 Å². The van der Waals surface area contributed by atoms with Gasteiger partial charge >= 0.3 is 12.0 Å². The summed E-state index contributed by atoms with van der Waals surface area (Å²) in [6.45, 7) is 1.60. The average Bonchev–Trinajstić information content (AvgIpc) is 3.53. The van der Waals surface area contributed by atoms with Crippen LogP contribution in [0, 0.1) is 11.6 Å². The molecule has 4 heterocycles. The van der Waals surface area contributed by atoms with Crippen molar-refractivity contribution in [1.29, 1.82) is 0 Å². The summed E-state index contributed by atoms with van der Waals surface area (Å²) in [6.07, 6.45) is 1.65. The van der Waals surface area contributed by atoms with Crippen molar-refractivity contribution in [3.8, 4) is 10.6 Å². The predicted molar refractivity (Wildman–Crippen MR) is 135 cm³/mol. The lowest BCUT2D eigenvalue weighted by Gasteiger charge is -2.32. The predicted octanol–water partition coefficient (Wildman–Crippen LogP) is 2.49. The zero-order valence-corrected chi connectivity index (χ0v) is 20.7. The fourth-order valence-corrected chi connectivity index (χ4v) is 4.84. The number of carbonyl (C=O) groups excluding carboxylic acids is 2. The van der Waals surface area contributed by atoms with Crippen LogP contribution in [0.1, 0.15) is 16.5 Å². The molecule has 4 aromatic rings. The average molecular weight is 559 g/mol. The Morgan fingerprint density at radius 3 is 2.59 bits per heavy atom. The number of rotatable bonds is 7. The molecule has 3 amide bonds. The second-order valence-electron chi connectivity index (χ2n) is 8.34. The number of aromatic carboxylic acids is 1. The number of hydrogen-bond acceptors (Lipinski definition) is 9. The largest absolute Gasteiger partial charge is 0.478 e. The van der Waals surface area contributed by atoms with E-state index in [1.54, 1.807) is 4.90 Å². The number of halogens is 2. The van der Waals surface area contributed by atoms with Crippen LogP contribution in [0.15, 0.2) is 36.7 Å². The molecule has 1 unspecified atom stereocenters. The lowest BCUT2D eigenvalue weighted by Crippen LogP contribution is -2.47. The highest BCUT2D eigenvalue weighted by Gasteiger charge is 2.31. The van der Waals surface area contributed by atoms with E-state index >= 15 is 0 Å². The number of thiazole rings is 1. The normalized spacial score (nSPS) is 14.7. The number of benzene rings is 1. The number of nitrogens with one attached hydrogen (secondary N) is 2. The Hall–Kier alpha value is -4.54. The first kappa shape index (κ1) is 26.1. The molecule has 0 bridgehead atoms. The lowest BCUT2D eigenvalue weighted by molar-refractivity contribution is -0.129. The fourth-order valence-electron chi connectivity index (χ4n) is 4.07. The molecule has 13 nitrogen and oxygen atoms in total. The fraction of sp³-hybridized carbons (Fsp3) is 0.217. The lowest BCUT2D eigenvalue weighted by atomic mass is 10.1. The molecule has 5 N–H and O–H groups in total. The summed E-state index contributed by atoms with van der Waals surface area (Å²) in [7, 11) is 0. The van der Waals surface area contributed by atoms with Crippen LogP contribution in [0.2, 0.25) is 0 Å². The van der Waals surface area contributed by atoms with Crippen molar-refractivity contribution in [2.24, 2.45) is 5.73 Å². The Morgan fingerprint density at radius 1 is 1.13 bits per heavy atom. The van der Waals surface area contributed by atoms with Crippen LogP contribution >= 0.6 is 11.3 Å². The van der Waals surface area contributed by atoms with Gasteiger partial charge in [-0.3, -0.25) is 15.0 Å². The van der Waals surface area contributed by atoms with Crippen LogP contribution in [0.3, 0.4) is 0 Å². The van der Waals surface area contributed by atoms with E-state index in [9.17, 15) is 28.3 Å². The van der Waals surface area contributed by atoms with Gasteiger partial charge in [0.1, 0.15) is 11.6 Å². The molecule has 1 fully saturated rings. The Balaban J connectivity index is 1.46. The summed E-state index contributed by atoms with van der Waals surface area (Å²) < 4.78 is 33.6. The number of carboxylic acids is 1. The molecule has 1 aliphatic rings. The number of hydrogen-bond donors (Lipinski definition) is 4. The monoisotopic (exact) mass is 558 g/mol. The minimum absolute atomic E-state index is 0.0978. The van der Waals surface area contributed by atoms with Crippen molar-refractivity contribution >= 4 is 51.1 Å². The molecule has 0 aliphatic carbocycles. The van der Waals surface area contributed by atoms with Gasteiger partial charge in [0.05, 0.1) is 46.6 Å². The molecule has 0 radical (unpaired) electrons. The van der Waals surface area contributed by atoms with Crippen LogP contribution in [0.4, 0.5) is 24.4 Å². The van der Waals surface area contributed by atoms with E-state index in [1.807, 2.05) is 0 Å². The summed E-state index contributed by atoms with van der Waals surface area (Å²) in [6, 6.07) is 3.20. The number of carboxylic acid groups (broad SMARTS) is 1. The number of nitrogens with zero attached hydrogens (tertiary/aromatic N) is 5. The zero-order valence-electron chi connectivity index (χ0n) is 19.9. The zero-order chi connectivity index (χ0) is 27.7. The maximum atomic E-state index is 13.8. The van der Waals surface area contributed by atoms with Gasteiger partial charge in [-0.1, -0.05) is 11.3 Å². The van der Waals surface area contributed by atoms with Gasteiger partial charge in [-0.25, -0.2) is 33.0 Å². The van der Waals surface area contributed by atoms with E-state index in [0.29, 0.717) is 37.2 Å². The van der Waals surface area contributed by atoms with Crippen molar-refractivity contribution in [3.63, 3.8) is 0 Å². The molecule has 0 saturated carbocycles. The van der Waals surface area contributed by atoms with E-state index in [-0.39, 0.29) is 33.1 Å². The van der Waals surface area contributed by atoms with Crippen LogP contribution in [-0.4, -0.2) is 74.0 Å². The third-order valence-electron chi connectivity index (χ3n) is 5.83. The number of ether oxygens (including phenoxy) is 1. The minimum Gasteiger partial charge on any atom is -0.478 e. The van der Waals surface area contributed by atoms with Crippen molar-refractivity contribution in [1.82, 2.24) is 24.6 Å². The first-order valence-corrected chi connectivity index (χ1v) is 12.2. The summed E-state index contributed by atoms with van der Waals surface area (Å²) in [5.74, 6) is -3.68. The van der Waals surface area contributed by atoms with Gasteiger partial charge in [0.2, 0.25) is 0 Å². The quantitative estimate of drug-likeness (QED) is 0.265. The number of nitrogens with two attached hydrogens (primary N) is 1. The molecule has 39 heavy (non-hydrogen) atoms. The van der Waals surface area contributed by atoms with Crippen LogP contribution in [0.5, 0.6) is 0 Å². The van der Waals surface area contributed by atoms with E-state index in [4.69, 9.17) is 10.5 Å². The number of primary amides is 1. The highest BCUT2D eigenvalue weighted by atomic mass is 32.1. The Morgan fingerprint density at radius 2 is 1.90 bits per heavy atom. The molecular formula is C23H20F2N8O5S. The van der Waals surface area contributed by atoms with Gasteiger partial charge < -0.3 is 20.9 Å². The Bertz CT molecular complexity index is 1590. The summed E-state index contributed by atoms with van der Waals surface area (Å²) in [5, 5.41) is 19.1. The smallest absolute Gasteiger partial charge is 0.336 e. The van der Waals surface area contributed by atoms with Crippen LogP contribution in [-0.2, 0) is 9.53 Å². The number of aromatic nitrogens is 4. The molecule has 3 aromatic heterocycles. The van der Waals surface area contributed by atoms with Crippen molar-refractivity contribution in [2.75, 3.05) is 36.9 Å². The van der Waals surface area contributed by atoms with Gasteiger partial charge in [0.25, 0.3) is 5.91 Å². The minimum atomic E-state index is -1.24. The number of fused-ring (bicyclic) bond motifs is 1. The number of pyridine rings is 1. The number of urea groups is 1. The molecule has 202 valence electrons. The summed E-state index contributed by atoms with van der Waals surface area (Å²) in [5.41, 5.74) is 5.66. The third-order valence-corrected chi connectivity index (χ3v) is 6.77. The molecule has 0 spiro atoms. The first-order chi connectivity index (χ1) is 18.7. The standard InChI is InChI=1S/C23H20F2N8O5S/c24-11-1-2-15(14(25)7-11)30-22(37)31-23-27-10-17(39-23)16-8-12(21(35)36)13-9-28-33(19(13)29-16)20(18(26)34)32-3-5-38-6-4-32/h1-2,7-10,20H,3-6H2,(H2,26,34)(H,35,36)(H2,27,30,31,37). The van der Waals surface area contributed by atoms with Gasteiger partial charge in [-0.2, -0.15) is 5.10 Å². The van der Waals surface area contributed by atoms with E-state index < -0.39 is 35.7 Å². The van der Waals surface area contributed by atoms with Crippen LogP contribution in [0.25, 0.3) is 21.6 Å². The van der Waals surface area contributed by atoms with Gasteiger partial charge in [-0.15, -0.1) is 0 Å². The van der Waals surface area contributed by atoms with Crippen molar-refractivity contribution in [2.45, 2.75) is 6.17 Å². The Labute approximate surface area is 222 Å². The van der Waals surface area contributed by atoms with E-state index in [0.717, 1.165) is 23.5 Å². The van der Waals surface area contributed by atoms with Crippen LogP contribution < -0.4 is 16.4 Å². The summed E-state index contributed by atoms with van der Waals surface area (Å²) >= 11 is 0.971. The molecular weight excluding hydrogens is 538 g/mol. The van der Waals surface area contributed by atoms with Crippen molar-refractivity contribution < 1.29 is 33.0 Å². The molecule has 1 atom stereocenters. The van der Waals surface area contributed by atoms with Gasteiger partial charge in [0, 0.05) is 25.4 Å². The first-order valence-electron chi connectivity index (χ1n) is 11.4. The number of morpholine rings is 1. The molecule has 1 aromatic carbocycles. The maximum absolute atomic E-state index is 13.8. The highest BCUT2D eigenvalue weighted by Crippen LogP contribution is 2.32. The highest BCUT2D eigenvalue weighted by molar-refractivity contribution is 7.19. The third kappa shape index (κ3) is 5.38. The SMILES string of the molecule is NC(=O)C(N1CCOCC1)n1ncc2c(C(=O)O)cc(-c3cnc(NC(=O)Nc4ccc(F)cc4F)s3)nc21.